The maximum Gasteiger partial charge on any atom is 0.311 e. The molecule has 0 saturated heterocycles. The number of hydrogen-bond acceptors (Lipinski definition) is 6. The monoisotopic (exact) mass is 489 g/mol. The van der Waals surface area contributed by atoms with E-state index in [9.17, 15) is 19.5 Å². The van der Waals surface area contributed by atoms with Crippen LogP contribution < -0.4 is 5.32 Å². The summed E-state index contributed by atoms with van der Waals surface area (Å²) in [6.07, 6.45) is 6.20. The zero-order valence-electron chi connectivity index (χ0n) is 20.7. The molecule has 1 aromatic rings. The van der Waals surface area contributed by atoms with E-state index in [2.05, 4.69) is 5.32 Å². The molecular weight excluding hydrogens is 450 g/mol. The largest absolute Gasteiger partial charge is 0.481 e. The van der Waals surface area contributed by atoms with E-state index in [0.717, 1.165) is 31.2 Å². The Balaban J connectivity index is 1.63. The molecular formula is C27H39NO7. The third-order valence-electron chi connectivity index (χ3n) is 7.40. The zero-order chi connectivity index (χ0) is 25.1. The summed E-state index contributed by atoms with van der Waals surface area (Å²) < 4.78 is 16.4. The summed E-state index contributed by atoms with van der Waals surface area (Å²) in [6.45, 7) is 1.15. The first kappa shape index (κ1) is 27.1. The molecule has 0 bridgehead atoms. The summed E-state index contributed by atoms with van der Waals surface area (Å²) in [5, 5.41) is 12.4. The SMILES string of the molecule is COCCOCC(CC1(C(=O)NC2CCC(C(=O)O)CC2)CCCC1)C(=O)OCc1ccccc1. The number of benzene rings is 1. The lowest BCUT2D eigenvalue weighted by Crippen LogP contribution is -2.47. The van der Waals surface area contributed by atoms with Crippen molar-refractivity contribution in [1.82, 2.24) is 5.32 Å². The molecule has 8 nitrogen and oxygen atoms in total. The van der Waals surface area contributed by atoms with Crippen molar-refractivity contribution in [3.8, 4) is 0 Å². The number of carbonyl (C=O) groups excluding carboxylic acids is 2. The van der Waals surface area contributed by atoms with Crippen molar-refractivity contribution < 1.29 is 33.7 Å². The lowest BCUT2D eigenvalue weighted by Gasteiger charge is -2.34. The number of methoxy groups -OCH3 is 1. The van der Waals surface area contributed by atoms with Gasteiger partial charge in [0.25, 0.3) is 0 Å². The van der Waals surface area contributed by atoms with E-state index in [-0.39, 0.29) is 37.0 Å². The van der Waals surface area contributed by atoms with Crippen LogP contribution >= 0.6 is 0 Å². The molecule has 2 N–H and O–H groups in total. The number of carboxylic acid groups (broad SMARTS) is 1. The van der Waals surface area contributed by atoms with Gasteiger partial charge in [0.1, 0.15) is 6.61 Å². The van der Waals surface area contributed by atoms with Crippen LogP contribution in [0.4, 0.5) is 0 Å². The predicted molar refractivity (Wildman–Crippen MR) is 129 cm³/mol. The Morgan fingerprint density at radius 3 is 2.37 bits per heavy atom. The number of carbonyl (C=O) groups is 3. The molecule has 194 valence electrons. The standard InChI is InChI=1S/C27H39NO7/c1-33-15-16-34-19-22(25(31)35-18-20-7-3-2-4-8-20)17-27(13-5-6-14-27)26(32)28-23-11-9-21(10-12-23)24(29)30/h2-4,7-8,21-23H,5-6,9-19H2,1H3,(H,28,32)(H,29,30). The third-order valence-corrected chi connectivity index (χ3v) is 7.40. The number of ether oxygens (including phenoxy) is 3. The fourth-order valence-corrected chi connectivity index (χ4v) is 5.30. The normalized spacial score (nSPS) is 22.3. The van der Waals surface area contributed by atoms with Crippen LogP contribution in [-0.2, 0) is 35.2 Å². The molecule has 8 heteroatoms. The van der Waals surface area contributed by atoms with Crippen LogP contribution in [0.5, 0.6) is 0 Å². The van der Waals surface area contributed by atoms with Gasteiger partial charge in [-0.15, -0.1) is 0 Å². The fourth-order valence-electron chi connectivity index (χ4n) is 5.30. The molecule has 1 atom stereocenters. The van der Waals surface area contributed by atoms with Crippen molar-refractivity contribution in [2.45, 2.75) is 70.4 Å². The van der Waals surface area contributed by atoms with E-state index in [1.165, 1.54) is 0 Å². The summed E-state index contributed by atoms with van der Waals surface area (Å²) in [7, 11) is 1.59. The molecule has 3 rings (SSSR count). The minimum absolute atomic E-state index is 0.0167. The van der Waals surface area contributed by atoms with Gasteiger partial charge >= 0.3 is 11.9 Å². The molecule has 1 amide bonds. The highest BCUT2D eigenvalue weighted by atomic mass is 16.5. The lowest BCUT2D eigenvalue weighted by atomic mass is 9.76. The van der Waals surface area contributed by atoms with Gasteiger partial charge in [0.2, 0.25) is 5.91 Å². The minimum atomic E-state index is -0.757. The first-order valence-corrected chi connectivity index (χ1v) is 12.7. The third kappa shape index (κ3) is 8.04. The van der Waals surface area contributed by atoms with Crippen LogP contribution in [0.2, 0.25) is 0 Å². The number of nitrogens with one attached hydrogen (secondary N) is 1. The first-order chi connectivity index (χ1) is 16.9. The number of carboxylic acids is 1. The second-order valence-electron chi connectivity index (χ2n) is 9.91. The number of hydrogen-bond donors (Lipinski definition) is 2. The summed E-state index contributed by atoms with van der Waals surface area (Å²) in [5.41, 5.74) is 0.273. The fraction of sp³-hybridized carbons (Fsp3) is 0.667. The second-order valence-corrected chi connectivity index (χ2v) is 9.91. The smallest absolute Gasteiger partial charge is 0.311 e. The summed E-state index contributed by atoms with van der Waals surface area (Å²) in [5.74, 6) is -2.01. The molecule has 0 aromatic heterocycles. The molecule has 0 aliphatic heterocycles. The van der Waals surface area contributed by atoms with Crippen LogP contribution in [0.1, 0.15) is 63.4 Å². The lowest BCUT2D eigenvalue weighted by molar-refractivity contribution is -0.154. The van der Waals surface area contributed by atoms with E-state index in [1.807, 2.05) is 30.3 Å². The molecule has 0 heterocycles. The quantitative estimate of drug-likeness (QED) is 0.321. The highest BCUT2D eigenvalue weighted by molar-refractivity contribution is 5.84. The second kappa shape index (κ2) is 13.6. The van der Waals surface area contributed by atoms with Crippen molar-refractivity contribution in [3.63, 3.8) is 0 Å². The van der Waals surface area contributed by atoms with Gasteiger partial charge in [0.05, 0.1) is 37.1 Å². The topological polar surface area (TPSA) is 111 Å². The molecule has 1 unspecified atom stereocenters. The maximum absolute atomic E-state index is 13.5. The van der Waals surface area contributed by atoms with Gasteiger partial charge in [-0.05, 0) is 50.5 Å². The Bertz CT molecular complexity index is 814. The van der Waals surface area contributed by atoms with Crippen LogP contribution in [0.3, 0.4) is 0 Å². The van der Waals surface area contributed by atoms with E-state index in [0.29, 0.717) is 45.3 Å². The first-order valence-electron chi connectivity index (χ1n) is 12.7. The van der Waals surface area contributed by atoms with Gasteiger partial charge in [-0.2, -0.15) is 0 Å². The van der Waals surface area contributed by atoms with Gasteiger partial charge in [-0.3, -0.25) is 14.4 Å². The minimum Gasteiger partial charge on any atom is -0.481 e. The average Bonchev–Trinajstić information content (AvgIpc) is 3.35. The molecule has 2 aliphatic rings. The van der Waals surface area contributed by atoms with Gasteiger partial charge in [0, 0.05) is 13.2 Å². The average molecular weight is 490 g/mol. The predicted octanol–water partition coefficient (Wildman–Crippen LogP) is 3.72. The molecule has 1 aromatic carbocycles. The number of aliphatic carboxylic acids is 1. The van der Waals surface area contributed by atoms with Gasteiger partial charge in [-0.1, -0.05) is 43.2 Å². The van der Waals surface area contributed by atoms with Crippen molar-refractivity contribution in [2.75, 3.05) is 26.9 Å². The van der Waals surface area contributed by atoms with Crippen molar-refractivity contribution in [1.29, 1.82) is 0 Å². The molecule has 2 saturated carbocycles. The highest BCUT2D eigenvalue weighted by Gasteiger charge is 2.45. The Morgan fingerprint density at radius 1 is 1.06 bits per heavy atom. The highest BCUT2D eigenvalue weighted by Crippen LogP contribution is 2.44. The molecule has 0 spiro atoms. The molecule has 0 radical (unpaired) electrons. The van der Waals surface area contributed by atoms with E-state index in [4.69, 9.17) is 14.2 Å². The number of amides is 1. The van der Waals surface area contributed by atoms with Crippen molar-refractivity contribution >= 4 is 17.8 Å². The Morgan fingerprint density at radius 2 is 1.74 bits per heavy atom. The molecule has 2 fully saturated rings. The van der Waals surface area contributed by atoms with E-state index >= 15 is 0 Å². The summed E-state index contributed by atoms with van der Waals surface area (Å²) in [4.78, 5) is 37.9. The number of esters is 1. The molecule has 2 aliphatic carbocycles. The van der Waals surface area contributed by atoms with Crippen molar-refractivity contribution in [2.24, 2.45) is 17.3 Å². The maximum atomic E-state index is 13.5. The van der Waals surface area contributed by atoms with Gasteiger partial charge in [-0.25, -0.2) is 0 Å². The van der Waals surface area contributed by atoms with Crippen LogP contribution in [-0.4, -0.2) is 55.9 Å². The Labute approximate surface area is 207 Å². The Kier molecular flexibility index (Phi) is 10.5. The summed E-state index contributed by atoms with van der Waals surface area (Å²) >= 11 is 0. The van der Waals surface area contributed by atoms with Crippen LogP contribution in [0, 0.1) is 17.3 Å². The zero-order valence-corrected chi connectivity index (χ0v) is 20.7. The van der Waals surface area contributed by atoms with E-state index in [1.54, 1.807) is 7.11 Å². The Hall–Kier alpha value is -2.45. The van der Waals surface area contributed by atoms with E-state index < -0.39 is 17.3 Å². The van der Waals surface area contributed by atoms with Crippen LogP contribution in [0.15, 0.2) is 30.3 Å². The molecule has 35 heavy (non-hydrogen) atoms. The summed E-state index contributed by atoms with van der Waals surface area (Å²) in [6, 6.07) is 9.50. The van der Waals surface area contributed by atoms with Gasteiger partial charge in [0.15, 0.2) is 0 Å². The van der Waals surface area contributed by atoms with Gasteiger partial charge < -0.3 is 24.6 Å². The van der Waals surface area contributed by atoms with Crippen LogP contribution in [0.25, 0.3) is 0 Å². The van der Waals surface area contributed by atoms with Crippen molar-refractivity contribution in [3.05, 3.63) is 35.9 Å². The number of rotatable bonds is 13.